The van der Waals surface area contributed by atoms with Crippen molar-refractivity contribution < 1.29 is 13.2 Å². The fourth-order valence-corrected chi connectivity index (χ4v) is 3.13. The molecule has 0 N–H and O–H groups in total. The zero-order chi connectivity index (χ0) is 15.7. The van der Waals surface area contributed by atoms with Crippen LogP contribution in [0.1, 0.15) is 29.5 Å². The van der Waals surface area contributed by atoms with Gasteiger partial charge in [0.2, 0.25) is 0 Å². The maximum atomic E-state index is 13.2. The molecule has 2 nitrogen and oxygen atoms in total. The van der Waals surface area contributed by atoms with Gasteiger partial charge in [0.25, 0.3) is 0 Å². The van der Waals surface area contributed by atoms with Gasteiger partial charge in [-0.25, -0.2) is 0 Å². The number of hydrogen-bond donors (Lipinski definition) is 0. The molecule has 22 heavy (non-hydrogen) atoms. The van der Waals surface area contributed by atoms with E-state index in [4.69, 9.17) is 0 Å². The molecule has 3 rings (SSSR count). The Labute approximate surface area is 129 Å². The normalized spacial score (nSPS) is 21.3. The average molecular weight is 312 g/mol. The van der Waals surface area contributed by atoms with E-state index in [0.717, 1.165) is 32.1 Å². The predicted molar refractivity (Wildman–Crippen MR) is 80.6 cm³/mol. The van der Waals surface area contributed by atoms with E-state index in [2.05, 4.69) is 9.80 Å². The maximum Gasteiger partial charge on any atom is 0.416 e. The second-order valence-corrected chi connectivity index (χ2v) is 6.68. The molecule has 0 bridgehead atoms. The molecule has 1 heterocycles. The number of alkyl halides is 3. The van der Waals surface area contributed by atoms with Gasteiger partial charge in [0.15, 0.2) is 0 Å². The number of halogens is 3. The highest BCUT2D eigenvalue weighted by molar-refractivity contribution is 5.33. The highest BCUT2D eigenvalue weighted by atomic mass is 19.4. The summed E-state index contributed by atoms with van der Waals surface area (Å²) in [5, 5.41) is 0. The second kappa shape index (κ2) is 6.20. The van der Waals surface area contributed by atoms with E-state index in [-0.39, 0.29) is 0 Å². The Morgan fingerprint density at radius 1 is 1.05 bits per heavy atom. The molecule has 5 heteroatoms. The fraction of sp³-hybridized carbons (Fsp3) is 0.647. The van der Waals surface area contributed by atoms with Crippen LogP contribution in [0.3, 0.4) is 0 Å². The van der Waals surface area contributed by atoms with Crippen molar-refractivity contribution in [2.24, 2.45) is 5.92 Å². The van der Waals surface area contributed by atoms with Crippen LogP contribution in [0.15, 0.2) is 18.2 Å². The molecule has 1 aromatic carbocycles. The molecule has 1 aliphatic carbocycles. The van der Waals surface area contributed by atoms with Gasteiger partial charge in [-0.2, -0.15) is 13.2 Å². The summed E-state index contributed by atoms with van der Waals surface area (Å²) in [7, 11) is 0. The molecular weight excluding hydrogens is 289 g/mol. The quantitative estimate of drug-likeness (QED) is 0.839. The molecule has 2 fully saturated rings. The van der Waals surface area contributed by atoms with Gasteiger partial charge in [-0.3, -0.25) is 4.90 Å². The molecule has 2 aliphatic rings. The number of benzene rings is 1. The van der Waals surface area contributed by atoms with Crippen molar-refractivity contribution in [3.05, 3.63) is 34.9 Å². The van der Waals surface area contributed by atoms with E-state index in [9.17, 15) is 13.2 Å². The first-order chi connectivity index (χ1) is 10.4. The molecule has 1 saturated carbocycles. The minimum Gasteiger partial charge on any atom is -0.301 e. The fourth-order valence-electron chi connectivity index (χ4n) is 3.13. The van der Waals surface area contributed by atoms with Crippen LogP contribution in [0, 0.1) is 12.8 Å². The predicted octanol–water partition coefficient (Wildman–Crippen LogP) is 3.54. The minimum absolute atomic E-state index is 0.395. The Morgan fingerprint density at radius 3 is 2.27 bits per heavy atom. The topological polar surface area (TPSA) is 6.48 Å². The number of rotatable bonds is 4. The summed E-state index contributed by atoms with van der Waals surface area (Å²) in [5.74, 6) is 0.875. The van der Waals surface area contributed by atoms with E-state index in [1.165, 1.54) is 25.5 Å². The minimum atomic E-state index is -4.27. The standard InChI is InChI=1S/C17H23F3N2/c1-13-2-5-15(16(10-13)17(18,19)20)12-22-8-6-21(7-9-22)11-14-3-4-14/h2,5,10,14H,3-4,6-9,11-12H2,1H3. The summed E-state index contributed by atoms with van der Waals surface area (Å²) in [6.45, 7) is 6.94. The summed E-state index contributed by atoms with van der Waals surface area (Å²) < 4.78 is 39.5. The highest BCUT2D eigenvalue weighted by Gasteiger charge is 2.34. The first kappa shape index (κ1) is 15.8. The van der Waals surface area contributed by atoms with Crippen molar-refractivity contribution in [1.29, 1.82) is 0 Å². The van der Waals surface area contributed by atoms with Crippen LogP contribution < -0.4 is 0 Å². The highest BCUT2D eigenvalue weighted by Crippen LogP contribution is 2.33. The van der Waals surface area contributed by atoms with Gasteiger partial charge in [-0.15, -0.1) is 0 Å². The lowest BCUT2D eigenvalue weighted by Crippen LogP contribution is -2.46. The van der Waals surface area contributed by atoms with Crippen LogP contribution in [-0.4, -0.2) is 42.5 Å². The SMILES string of the molecule is Cc1ccc(CN2CCN(CC3CC3)CC2)c(C(F)(F)F)c1. The first-order valence-corrected chi connectivity index (χ1v) is 8.03. The van der Waals surface area contributed by atoms with E-state index in [0.29, 0.717) is 17.7 Å². The summed E-state index contributed by atoms with van der Waals surface area (Å²) in [6.07, 6.45) is -1.58. The van der Waals surface area contributed by atoms with Gasteiger partial charge in [0.1, 0.15) is 0 Å². The zero-order valence-electron chi connectivity index (χ0n) is 13.0. The molecule has 0 amide bonds. The van der Waals surface area contributed by atoms with Gasteiger partial charge >= 0.3 is 6.18 Å². The van der Waals surface area contributed by atoms with Crippen molar-refractivity contribution in [2.45, 2.75) is 32.5 Å². The third-order valence-electron chi connectivity index (χ3n) is 4.64. The molecule has 0 aromatic heterocycles. The molecular formula is C17H23F3N2. The van der Waals surface area contributed by atoms with Gasteiger partial charge in [-0.1, -0.05) is 17.7 Å². The molecule has 0 radical (unpaired) electrons. The lowest BCUT2D eigenvalue weighted by atomic mass is 10.0. The van der Waals surface area contributed by atoms with Crippen LogP contribution in [-0.2, 0) is 12.7 Å². The average Bonchev–Trinajstić information content (AvgIpc) is 3.26. The van der Waals surface area contributed by atoms with Crippen molar-refractivity contribution >= 4 is 0 Å². The van der Waals surface area contributed by atoms with E-state index in [1.54, 1.807) is 19.1 Å². The van der Waals surface area contributed by atoms with Crippen LogP contribution in [0.2, 0.25) is 0 Å². The molecule has 122 valence electrons. The van der Waals surface area contributed by atoms with Crippen LogP contribution >= 0.6 is 0 Å². The monoisotopic (exact) mass is 312 g/mol. The summed E-state index contributed by atoms with van der Waals surface area (Å²) in [5.41, 5.74) is 0.576. The van der Waals surface area contributed by atoms with Crippen molar-refractivity contribution in [1.82, 2.24) is 9.80 Å². The summed E-state index contributed by atoms with van der Waals surface area (Å²) in [4.78, 5) is 4.59. The molecule has 1 aliphatic heterocycles. The van der Waals surface area contributed by atoms with E-state index < -0.39 is 11.7 Å². The van der Waals surface area contributed by atoms with E-state index >= 15 is 0 Å². The summed E-state index contributed by atoms with van der Waals surface area (Å²) in [6, 6.07) is 4.67. The summed E-state index contributed by atoms with van der Waals surface area (Å²) >= 11 is 0. The first-order valence-electron chi connectivity index (χ1n) is 8.03. The third-order valence-corrected chi connectivity index (χ3v) is 4.64. The number of piperazine rings is 1. The smallest absolute Gasteiger partial charge is 0.301 e. The van der Waals surface area contributed by atoms with Crippen LogP contribution in [0.25, 0.3) is 0 Å². The zero-order valence-corrected chi connectivity index (χ0v) is 13.0. The molecule has 0 atom stereocenters. The number of aryl methyl sites for hydroxylation is 1. The maximum absolute atomic E-state index is 13.2. The van der Waals surface area contributed by atoms with Crippen LogP contribution in [0.5, 0.6) is 0 Å². The third kappa shape index (κ3) is 4.02. The molecule has 1 saturated heterocycles. The Balaban J connectivity index is 1.61. The number of nitrogens with zero attached hydrogens (tertiary/aromatic N) is 2. The van der Waals surface area contributed by atoms with Crippen molar-refractivity contribution in [3.63, 3.8) is 0 Å². The van der Waals surface area contributed by atoms with Crippen molar-refractivity contribution in [3.8, 4) is 0 Å². The molecule has 0 spiro atoms. The van der Waals surface area contributed by atoms with Crippen molar-refractivity contribution in [2.75, 3.05) is 32.7 Å². The second-order valence-electron chi connectivity index (χ2n) is 6.68. The lowest BCUT2D eigenvalue weighted by Gasteiger charge is -2.35. The van der Waals surface area contributed by atoms with Gasteiger partial charge < -0.3 is 4.90 Å². The van der Waals surface area contributed by atoms with E-state index in [1.807, 2.05) is 0 Å². The Bertz CT molecular complexity index is 515. The molecule has 1 aromatic rings. The molecule has 0 unspecified atom stereocenters. The van der Waals surface area contributed by atoms with Gasteiger partial charge in [0.05, 0.1) is 5.56 Å². The number of hydrogen-bond acceptors (Lipinski definition) is 2. The lowest BCUT2D eigenvalue weighted by molar-refractivity contribution is -0.138. The van der Waals surface area contributed by atoms with Gasteiger partial charge in [-0.05, 0) is 37.3 Å². The van der Waals surface area contributed by atoms with Crippen LogP contribution in [0.4, 0.5) is 13.2 Å². The Hall–Kier alpha value is -1.07. The Morgan fingerprint density at radius 2 is 1.68 bits per heavy atom. The largest absolute Gasteiger partial charge is 0.416 e. The van der Waals surface area contributed by atoms with Gasteiger partial charge in [0, 0.05) is 39.3 Å². The Kier molecular flexibility index (Phi) is 4.46.